The van der Waals surface area contributed by atoms with Crippen LogP contribution < -0.4 is 111 Å². The van der Waals surface area contributed by atoms with Gasteiger partial charge in [-0.1, -0.05) is 0 Å². The van der Waals surface area contributed by atoms with Gasteiger partial charge in [-0.05, 0) is 0 Å². The summed E-state index contributed by atoms with van der Waals surface area (Å²) in [6.07, 6.45) is 0. The van der Waals surface area contributed by atoms with Crippen LogP contribution in [0.2, 0.25) is 0 Å². The van der Waals surface area contributed by atoms with Crippen LogP contribution in [0.3, 0.4) is 0 Å². The molecule has 0 aliphatic carbocycles. The SMILES string of the molecule is [K+].[K+].[O]=[Cr](=[O])([O-])[O-].[O]=[Cr](=[O])([OH])[O][Cr](=[O])(=[O])[OH]. The van der Waals surface area contributed by atoms with E-state index in [-0.39, 0.29) is 103 Å². The van der Waals surface area contributed by atoms with E-state index in [0.717, 1.165) is 0 Å². The standard InChI is InChI=1S/3Cr.2K.2H2O.9O/h;;;;;2*1H2;;;;;;;;;/q;4*+1;;;;;;;;;;2*-1/p-2. The number of rotatable bonds is 2. The van der Waals surface area contributed by atoms with E-state index in [1.54, 1.807) is 0 Å². The van der Waals surface area contributed by atoms with Crippen molar-refractivity contribution in [3.8, 4) is 0 Å². The molecule has 0 radical (unpaired) electrons. The molecule has 16 heteroatoms. The van der Waals surface area contributed by atoms with Gasteiger partial charge in [-0.25, -0.2) is 0 Å². The van der Waals surface area contributed by atoms with Gasteiger partial charge in [-0.15, -0.1) is 0 Å². The van der Waals surface area contributed by atoms with Gasteiger partial charge in [0, 0.05) is 0 Å². The molecule has 0 fully saturated rings. The van der Waals surface area contributed by atoms with E-state index in [0.29, 0.717) is 0 Å². The van der Waals surface area contributed by atoms with E-state index < -0.39 is 40.8 Å². The van der Waals surface area contributed by atoms with E-state index >= 15 is 0 Å². The Morgan fingerprint density at radius 3 is 0.875 bits per heavy atom. The summed E-state index contributed by atoms with van der Waals surface area (Å²) in [5, 5.41) is 0. The molecular weight excluding hydrogens is 410 g/mol. The van der Waals surface area contributed by atoms with Crippen LogP contribution in [0.4, 0.5) is 0 Å². The topological polar surface area (TPSA) is 198 Å². The molecule has 0 heterocycles. The second-order valence-corrected chi connectivity index (χ2v) is 6.37. The summed E-state index contributed by atoms with van der Waals surface area (Å²) in [6.45, 7) is 0. The van der Waals surface area contributed by atoms with Crippen molar-refractivity contribution in [3.05, 3.63) is 0 Å². The van der Waals surface area contributed by atoms with Gasteiger partial charge in [0.2, 0.25) is 0 Å². The third-order valence-electron chi connectivity index (χ3n) is 0.172. The third kappa shape index (κ3) is 52.8. The summed E-state index contributed by atoms with van der Waals surface area (Å²) in [5.41, 5.74) is 0. The third-order valence-corrected chi connectivity index (χ3v) is 2.92. The molecule has 16 heavy (non-hydrogen) atoms. The molecule has 2 N–H and O–H groups in total. The van der Waals surface area contributed by atoms with Gasteiger partial charge in [-0.3, -0.25) is 0 Å². The molecule has 0 amide bonds. The summed E-state index contributed by atoms with van der Waals surface area (Å²) in [7, 11) is 0. The van der Waals surface area contributed by atoms with E-state index in [4.69, 9.17) is 24.2 Å². The van der Waals surface area contributed by atoms with Gasteiger partial charge in [-0.2, -0.15) is 0 Å². The molecule has 0 rings (SSSR count). The number of hydrogen-bond donors (Lipinski definition) is 2. The van der Waals surface area contributed by atoms with Crippen LogP contribution in [0, 0.1) is 0 Å². The van der Waals surface area contributed by atoms with Crippen molar-refractivity contribution in [2.75, 3.05) is 0 Å². The summed E-state index contributed by atoms with van der Waals surface area (Å²) in [6, 6.07) is 0. The first-order chi connectivity index (χ1) is 5.71. The Morgan fingerprint density at radius 2 is 0.875 bits per heavy atom. The molecule has 0 saturated carbocycles. The molecule has 0 aliphatic rings. The van der Waals surface area contributed by atoms with Crippen molar-refractivity contribution < 1.29 is 186 Å². The number of hydrogen-bond acceptors (Lipinski definition) is 9. The average Bonchev–Trinajstić information content (AvgIpc) is 1.42. The molecule has 0 aromatic carbocycles. The fraction of sp³-hybridized carbons (Fsp3) is 0. The zero-order valence-corrected chi connectivity index (χ0v) is 17.9. The zero-order chi connectivity index (χ0) is 12.2. The minimum absolute atomic E-state index is 0. The molecule has 88 valence electrons. The van der Waals surface area contributed by atoms with Crippen molar-refractivity contribution in [1.29, 1.82) is 0 Å². The first-order valence-corrected chi connectivity index (χ1v) is 8.38. The average molecular weight is 412 g/mol. The van der Waals surface area contributed by atoms with Gasteiger partial charge < -0.3 is 0 Å². The zero-order valence-electron chi connectivity index (χ0n) is 7.79. The fourth-order valence-electron chi connectivity index (χ4n) is 0.109. The monoisotopic (exact) mass is 412 g/mol. The second-order valence-electron chi connectivity index (χ2n) is 1.33. The van der Waals surface area contributed by atoms with Gasteiger partial charge in [0.1, 0.15) is 0 Å². The normalized spacial score (nSPS) is 11.2. The Kier molecular flexibility index (Phi) is 19.4. The predicted octanol–water partition coefficient (Wildman–Crippen LogP) is -10.3. The first kappa shape index (κ1) is 27.8. The molecule has 0 unspecified atom stereocenters. The Labute approximate surface area is 181 Å². The fourth-order valence-corrected chi connectivity index (χ4v) is 1.85. The van der Waals surface area contributed by atoms with Crippen molar-refractivity contribution in [2.24, 2.45) is 0 Å². The molecule has 0 aromatic heterocycles. The van der Waals surface area contributed by atoms with Crippen LogP contribution in [0.15, 0.2) is 0 Å². The van der Waals surface area contributed by atoms with E-state index in [1.165, 1.54) is 0 Å². The molecule has 0 spiro atoms. The predicted molar refractivity (Wildman–Crippen MR) is 9.64 cm³/mol. The Bertz CT molecular complexity index is 411. The van der Waals surface area contributed by atoms with Crippen LogP contribution >= 0.6 is 0 Å². The van der Waals surface area contributed by atoms with Gasteiger partial charge in [0.25, 0.3) is 0 Å². The molecule has 0 bridgehead atoms. The van der Waals surface area contributed by atoms with Crippen LogP contribution in [-0.2, 0) is 66.5 Å². The van der Waals surface area contributed by atoms with Crippen molar-refractivity contribution >= 4 is 0 Å². The molecule has 0 aliphatic heterocycles. The van der Waals surface area contributed by atoms with Gasteiger partial charge in [0.15, 0.2) is 0 Å². The Hall–Kier alpha value is 3.47. The Morgan fingerprint density at radius 1 is 0.750 bits per heavy atom. The van der Waals surface area contributed by atoms with Crippen LogP contribution in [0.25, 0.3) is 0 Å². The van der Waals surface area contributed by atoms with Crippen LogP contribution in [0.5, 0.6) is 0 Å². The first-order valence-electron chi connectivity index (χ1n) is 2.03. The maximum absolute atomic E-state index is 9.53. The summed E-state index contributed by atoms with van der Waals surface area (Å²) in [5.74, 6) is 0. The van der Waals surface area contributed by atoms with E-state index in [2.05, 4.69) is 2.84 Å². The molecular formula is H2Cr3K2O11. The second kappa shape index (κ2) is 11.2. The van der Waals surface area contributed by atoms with Crippen molar-refractivity contribution in [2.45, 2.75) is 0 Å². The molecule has 0 saturated heterocycles. The van der Waals surface area contributed by atoms with E-state index in [9.17, 15) is 15.2 Å². The summed E-state index contributed by atoms with van der Waals surface area (Å²) in [4.78, 5) is 0. The van der Waals surface area contributed by atoms with Crippen molar-refractivity contribution in [3.63, 3.8) is 0 Å². The minimum atomic E-state index is -5.76. The Balaban J connectivity index is -0.0000000904. The molecule has 0 atom stereocenters. The summed E-state index contributed by atoms with van der Waals surface area (Å²) < 4.78 is 90.6. The van der Waals surface area contributed by atoms with Crippen molar-refractivity contribution in [1.82, 2.24) is 0 Å². The quantitative estimate of drug-likeness (QED) is 0.408. The molecule has 11 nitrogen and oxygen atoms in total. The van der Waals surface area contributed by atoms with Crippen LogP contribution in [0.1, 0.15) is 0 Å². The van der Waals surface area contributed by atoms with E-state index in [1.807, 2.05) is 0 Å². The maximum atomic E-state index is 9.53. The van der Waals surface area contributed by atoms with Crippen LogP contribution in [-0.4, -0.2) is 8.32 Å². The summed E-state index contributed by atoms with van der Waals surface area (Å²) >= 11 is -17.3. The molecule has 0 aromatic rings. The van der Waals surface area contributed by atoms with Gasteiger partial charge >= 0.3 is 186 Å². The van der Waals surface area contributed by atoms with Gasteiger partial charge in [0.05, 0.1) is 0 Å².